The van der Waals surface area contributed by atoms with Crippen LogP contribution in [-0.4, -0.2) is 37.2 Å². The predicted octanol–water partition coefficient (Wildman–Crippen LogP) is 3.82. The van der Waals surface area contributed by atoms with E-state index in [2.05, 4.69) is 29.2 Å². The van der Waals surface area contributed by atoms with Crippen molar-refractivity contribution in [3.8, 4) is 0 Å². The van der Waals surface area contributed by atoms with Crippen molar-refractivity contribution in [3.05, 3.63) is 29.8 Å². The quantitative estimate of drug-likeness (QED) is 0.830. The SMILES string of the molecule is CN(C)c1cccc(C2CCCN2C(=O)OC(C)(C)C)c1. The van der Waals surface area contributed by atoms with Gasteiger partial charge in [0, 0.05) is 26.3 Å². The zero-order valence-corrected chi connectivity index (χ0v) is 13.7. The van der Waals surface area contributed by atoms with E-state index in [9.17, 15) is 4.79 Å². The largest absolute Gasteiger partial charge is 0.444 e. The molecule has 0 bridgehead atoms. The Bertz CT molecular complexity index is 506. The fourth-order valence-electron chi connectivity index (χ4n) is 2.66. The molecule has 1 aromatic carbocycles. The molecule has 0 aromatic heterocycles. The molecule has 1 atom stereocenters. The fourth-order valence-corrected chi connectivity index (χ4v) is 2.66. The molecule has 116 valence electrons. The molecule has 21 heavy (non-hydrogen) atoms. The molecule has 0 spiro atoms. The van der Waals surface area contributed by atoms with Gasteiger partial charge in [0.1, 0.15) is 5.60 Å². The summed E-state index contributed by atoms with van der Waals surface area (Å²) in [5.41, 5.74) is 1.89. The number of ether oxygens (including phenoxy) is 1. The minimum atomic E-state index is -0.449. The lowest BCUT2D eigenvalue weighted by molar-refractivity contribution is 0.0224. The second-order valence-corrected chi connectivity index (χ2v) is 6.82. The Hall–Kier alpha value is -1.71. The van der Waals surface area contributed by atoms with Crippen LogP contribution in [0, 0.1) is 0 Å². The molecular weight excluding hydrogens is 264 g/mol. The molecule has 1 amide bonds. The summed E-state index contributed by atoms with van der Waals surface area (Å²) in [4.78, 5) is 16.3. The average Bonchev–Trinajstić information content (AvgIpc) is 2.86. The molecule has 4 nitrogen and oxygen atoms in total. The Balaban J connectivity index is 2.18. The lowest BCUT2D eigenvalue weighted by Crippen LogP contribution is -2.36. The van der Waals surface area contributed by atoms with Gasteiger partial charge >= 0.3 is 6.09 Å². The molecule has 1 aromatic rings. The zero-order chi connectivity index (χ0) is 15.6. The van der Waals surface area contributed by atoms with Gasteiger partial charge in [-0.3, -0.25) is 0 Å². The summed E-state index contributed by atoms with van der Waals surface area (Å²) in [6, 6.07) is 8.51. The minimum absolute atomic E-state index is 0.125. The maximum absolute atomic E-state index is 12.4. The van der Waals surface area contributed by atoms with Gasteiger partial charge in [0.2, 0.25) is 0 Å². The van der Waals surface area contributed by atoms with E-state index in [-0.39, 0.29) is 12.1 Å². The second kappa shape index (κ2) is 5.96. The molecule has 1 saturated heterocycles. The summed E-state index contributed by atoms with van der Waals surface area (Å²) in [7, 11) is 4.05. The Labute approximate surface area is 127 Å². The molecule has 1 unspecified atom stereocenters. The second-order valence-electron chi connectivity index (χ2n) is 6.82. The van der Waals surface area contributed by atoms with E-state index >= 15 is 0 Å². The zero-order valence-electron chi connectivity index (χ0n) is 13.7. The van der Waals surface area contributed by atoms with Gasteiger partial charge in [0.05, 0.1) is 6.04 Å². The first kappa shape index (κ1) is 15.7. The number of carbonyl (C=O) groups is 1. The number of hydrogen-bond donors (Lipinski definition) is 0. The number of carbonyl (C=O) groups excluding carboxylic acids is 1. The molecule has 0 aliphatic carbocycles. The van der Waals surface area contributed by atoms with E-state index in [4.69, 9.17) is 4.74 Å². The highest BCUT2D eigenvalue weighted by Crippen LogP contribution is 2.34. The predicted molar refractivity (Wildman–Crippen MR) is 85.7 cm³/mol. The number of hydrogen-bond acceptors (Lipinski definition) is 3. The fraction of sp³-hybridized carbons (Fsp3) is 0.588. The first-order valence-corrected chi connectivity index (χ1v) is 7.55. The lowest BCUT2D eigenvalue weighted by Gasteiger charge is -2.29. The van der Waals surface area contributed by atoms with E-state index < -0.39 is 5.60 Å². The van der Waals surface area contributed by atoms with Crippen molar-refractivity contribution in [1.29, 1.82) is 0 Å². The Morgan fingerprint density at radius 2 is 2.05 bits per heavy atom. The van der Waals surface area contributed by atoms with Crippen molar-refractivity contribution >= 4 is 11.8 Å². The number of benzene rings is 1. The Kier molecular flexibility index (Phi) is 4.45. The van der Waals surface area contributed by atoms with Gasteiger partial charge in [-0.25, -0.2) is 4.79 Å². The van der Waals surface area contributed by atoms with Gasteiger partial charge in [-0.15, -0.1) is 0 Å². The molecule has 1 aliphatic rings. The average molecular weight is 290 g/mol. The van der Waals surface area contributed by atoms with Crippen molar-refractivity contribution in [2.45, 2.75) is 45.3 Å². The van der Waals surface area contributed by atoms with Gasteiger partial charge in [-0.1, -0.05) is 12.1 Å². The van der Waals surface area contributed by atoms with Crippen molar-refractivity contribution in [1.82, 2.24) is 4.90 Å². The lowest BCUT2D eigenvalue weighted by atomic mass is 10.0. The van der Waals surface area contributed by atoms with Crippen LogP contribution in [0.3, 0.4) is 0 Å². The van der Waals surface area contributed by atoms with Gasteiger partial charge in [0.25, 0.3) is 0 Å². The van der Waals surface area contributed by atoms with E-state index in [1.54, 1.807) is 0 Å². The molecule has 1 heterocycles. The van der Waals surface area contributed by atoms with Crippen LogP contribution in [0.2, 0.25) is 0 Å². The van der Waals surface area contributed by atoms with Gasteiger partial charge in [0.15, 0.2) is 0 Å². The van der Waals surface area contributed by atoms with Crippen LogP contribution in [0.1, 0.15) is 45.2 Å². The third-order valence-electron chi connectivity index (χ3n) is 3.65. The van der Waals surface area contributed by atoms with Crippen LogP contribution in [0.4, 0.5) is 10.5 Å². The summed E-state index contributed by atoms with van der Waals surface area (Å²) in [6.45, 7) is 6.49. The molecule has 0 saturated carbocycles. The van der Waals surface area contributed by atoms with Crippen LogP contribution >= 0.6 is 0 Å². The van der Waals surface area contributed by atoms with Crippen LogP contribution < -0.4 is 4.90 Å². The van der Waals surface area contributed by atoms with Crippen LogP contribution in [0.5, 0.6) is 0 Å². The monoisotopic (exact) mass is 290 g/mol. The van der Waals surface area contributed by atoms with Gasteiger partial charge in [-0.05, 0) is 51.3 Å². The van der Waals surface area contributed by atoms with E-state index in [0.717, 1.165) is 25.1 Å². The number of nitrogens with zero attached hydrogens (tertiary/aromatic N) is 2. The molecule has 1 aliphatic heterocycles. The van der Waals surface area contributed by atoms with Crippen LogP contribution in [-0.2, 0) is 4.74 Å². The third kappa shape index (κ3) is 3.90. The topological polar surface area (TPSA) is 32.8 Å². The maximum atomic E-state index is 12.4. The molecular formula is C17H26N2O2. The van der Waals surface area contributed by atoms with Crippen molar-refractivity contribution in [3.63, 3.8) is 0 Å². The molecule has 1 fully saturated rings. The van der Waals surface area contributed by atoms with Crippen LogP contribution in [0.25, 0.3) is 0 Å². The van der Waals surface area contributed by atoms with Crippen molar-refractivity contribution in [2.24, 2.45) is 0 Å². The first-order valence-electron chi connectivity index (χ1n) is 7.55. The highest BCUT2D eigenvalue weighted by Gasteiger charge is 2.33. The smallest absolute Gasteiger partial charge is 0.410 e. The summed E-state index contributed by atoms with van der Waals surface area (Å²) in [5.74, 6) is 0. The van der Waals surface area contributed by atoms with E-state index in [1.807, 2.05) is 39.8 Å². The van der Waals surface area contributed by atoms with Crippen LogP contribution in [0.15, 0.2) is 24.3 Å². The summed E-state index contributed by atoms with van der Waals surface area (Å²) >= 11 is 0. The number of likely N-dealkylation sites (tertiary alicyclic amines) is 1. The van der Waals surface area contributed by atoms with Gasteiger partial charge < -0.3 is 14.5 Å². The Morgan fingerprint density at radius 1 is 1.33 bits per heavy atom. The standard InChI is InChI=1S/C17H26N2O2/c1-17(2,3)21-16(20)19-11-7-10-15(19)13-8-6-9-14(12-13)18(4)5/h6,8-9,12,15H,7,10-11H2,1-5H3. The normalized spacial score (nSPS) is 18.7. The number of rotatable bonds is 2. The van der Waals surface area contributed by atoms with E-state index in [0.29, 0.717) is 0 Å². The number of amides is 1. The number of anilines is 1. The third-order valence-corrected chi connectivity index (χ3v) is 3.65. The van der Waals surface area contributed by atoms with E-state index in [1.165, 1.54) is 5.56 Å². The Morgan fingerprint density at radius 3 is 2.67 bits per heavy atom. The molecule has 2 rings (SSSR count). The van der Waals surface area contributed by atoms with Gasteiger partial charge in [-0.2, -0.15) is 0 Å². The molecule has 0 radical (unpaired) electrons. The van der Waals surface area contributed by atoms with Crippen molar-refractivity contribution < 1.29 is 9.53 Å². The summed E-state index contributed by atoms with van der Waals surface area (Å²) in [6.07, 6.45) is 1.81. The summed E-state index contributed by atoms with van der Waals surface area (Å²) in [5, 5.41) is 0. The molecule has 0 N–H and O–H groups in total. The maximum Gasteiger partial charge on any atom is 0.410 e. The van der Waals surface area contributed by atoms with Crippen molar-refractivity contribution in [2.75, 3.05) is 25.5 Å². The minimum Gasteiger partial charge on any atom is -0.444 e. The highest BCUT2D eigenvalue weighted by atomic mass is 16.6. The highest BCUT2D eigenvalue weighted by molar-refractivity contribution is 5.69. The molecule has 4 heteroatoms. The summed E-state index contributed by atoms with van der Waals surface area (Å²) < 4.78 is 5.53. The first-order chi connectivity index (χ1) is 9.78.